The van der Waals surface area contributed by atoms with Crippen LogP contribution in [-0.4, -0.2) is 38.1 Å². The summed E-state index contributed by atoms with van der Waals surface area (Å²) >= 11 is 0. The van der Waals surface area contributed by atoms with E-state index in [0.717, 1.165) is 0 Å². The van der Waals surface area contributed by atoms with Crippen molar-refractivity contribution >= 4 is 11.9 Å². The molecular formula is C10H20N2O3. The van der Waals surface area contributed by atoms with Crippen molar-refractivity contribution in [2.24, 2.45) is 5.92 Å². The second-order valence-electron chi connectivity index (χ2n) is 3.45. The first-order chi connectivity index (χ1) is 7.02. The Morgan fingerprint density at radius 1 is 1.33 bits per heavy atom. The summed E-state index contributed by atoms with van der Waals surface area (Å²) in [5, 5.41) is 5.66. The minimum atomic E-state index is -0.294. The Labute approximate surface area is 90.6 Å². The SMILES string of the molecule is CCNC(=O)C(C)NCC(C)C(=O)OC. The summed E-state index contributed by atoms with van der Waals surface area (Å²) in [5.41, 5.74) is 0. The number of esters is 1. The lowest BCUT2D eigenvalue weighted by molar-refractivity contribution is -0.144. The van der Waals surface area contributed by atoms with Gasteiger partial charge < -0.3 is 15.4 Å². The molecule has 0 radical (unpaired) electrons. The van der Waals surface area contributed by atoms with Crippen molar-refractivity contribution in [3.05, 3.63) is 0 Å². The van der Waals surface area contributed by atoms with Crippen LogP contribution in [-0.2, 0) is 14.3 Å². The van der Waals surface area contributed by atoms with Crippen LogP contribution in [0.25, 0.3) is 0 Å². The molecule has 5 nitrogen and oxygen atoms in total. The first kappa shape index (κ1) is 13.9. The van der Waals surface area contributed by atoms with Crippen molar-refractivity contribution in [3.8, 4) is 0 Å². The van der Waals surface area contributed by atoms with Crippen molar-refractivity contribution in [2.75, 3.05) is 20.2 Å². The first-order valence-electron chi connectivity index (χ1n) is 5.11. The van der Waals surface area contributed by atoms with E-state index < -0.39 is 0 Å². The van der Waals surface area contributed by atoms with Gasteiger partial charge in [0, 0.05) is 13.1 Å². The molecule has 0 saturated carbocycles. The normalized spacial score (nSPS) is 14.1. The average Bonchev–Trinajstić information content (AvgIpc) is 2.24. The number of rotatable bonds is 6. The van der Waals surface area contributed by atoms with Crippen LogP contribution in [0.15, 0.2) is 0 Å². The van der Waals surface area contributed by atoms with Crippen molar-refractivity contribution in [1.29, 1.82) is 0 Å². The number of carbonyl (C=O) groups is 2. The molecule has 0 aromatic carbocycles. The highest BCUT2D eigenvalue weighted by atomic mass is 16.5. The molecule has 2 N–H and O–H groups in total. The van der Waals surface area contributed by atoms with E-state index in [4.69, 9.17) is 0 Å². The molecular weight excluding hydrogens is 196 g/mol. The smallest absolute Gasteiger partial charge is 0.309 e. The van der Waals surface area contributed by atoms with Crippen molar-refractivity contribution in [3.63, 3.8) is 0 Å². The Morgan fingerprint density at radius 2 is 1.93 bits per heavy atom. The highest BCUT2D eigenvalue weighted by Gasteiger charge is 2.16. The maximum atomic E-state index is 11.3. The van der Waals surface area contributed by atoms with Gasteiger partial charge in [0.15, 0.2) is 0 Å². The van der Waals surface area contributed by atoms with E-state index in [2.05, 4.69) is 15.4 Å². The van der Waals surface area contributed by atoms with Gasteiger partial charge >= 0.3 is 5.97 Å². The number of amides is 1. The van der Waals surface area contributed by atoms with Gasteiger partial charge in [-0.1, -0.05) is 6.92 Å². The van der Waals surface area contributed by atoms with E-state index in [-0.39, 0.29) is 23.8 Å². The number of hydrogen-bond acceptors (Lipinski definition) is 4. The van der Waals surface area contributed by atoms with Crippen LogP contribution in [0.4, 0.5) is 0 Å². The van der Waals surface area contributed by atoms with Gasteiger partial charge in [-0.25, -0.2) is 0 Å². The van der Waals surface area contributed by atoms with Crippen LogP contribution in [0.2, 0.25) is 0 Å². The first-order valence-corrected chi connectivity index (χ1v) is 5.11. The van der Waals surface area contributed by atoms with Crippen LogP contribution in [0.5, 0.6) is 0 Å². The van der Waals surface area contributed by atoms with Crippen LogP contribution in [0, 0.1) is 5.92 Å². The maximum absolute atomic E-state index is 11.3. The predicted octanol–water partition coefficient (Wildman–Crippen LogP) is -0.0903. The summed E-state index contributed by atoms with van der Waals surface area (Å²) in [6.45, 7) is 6.42. The molecule has 2 atom stereocenters. The zero-order valence-corrected chi connectivity index (χ0v) is 9.79. The molecule has 0 aliphatic heterocycles. The minimum Gasteiger partial charge on any atom is -0.469 e. The number of methoxy groups -OCH3 is 1. The summed E-state index contributed by atoms with van der Waals surface area (Å²) in [7, 11) is 1.35. The highest BCUT2D eigenvalue weighted by molar-refractivity contribution is 5.81. The summed E-state index contributed by atoms with van der Waals surface area (Å²) in [5.74, 6) is -0.577. The van der Waals surface area contributed by atoms with Gasteiger partial charge in [-0.05, 0) is 13.8 Å². The zero-order chi connectivity index (χ0) is 11.8. The monoisotopic (exact) mass is 216 g/mol. The summed E-state index contributed by atoms with van der Waals surface area (Å²) in [4.78, 5) is 22.4. The fourth-order valence-electron chi connectivity index (χ4n) is 1.06. The number of nitrogens with one attached hydrogen (secondary N) is 2. The largest absolute Gasteiger partial charge is 0.469 e. The molecule has 0 bridgehead atoms. The third kappa shape index (κ3) is 5.37. The fourth-order valence-corrected chi connectivity index (χ4v) is 1.06. The summed E-state index contributed by atoms with van der Waals surface area (Å²) < 4.78 is 4.57. The maximum Gasteiger partial charge on any atom is 0.309 e. The molecule has 2 unspecified atom stereocenters. The molecule has 1 amide bonds. The third-order valence-electron chi connectivity index (χ3n) is 2.08. The highest BCUT2D eigenvalue weighted by Crippen LogP contribution is 1.96. The number of carbonyl (C=O) groups excluding carboxylic acids is 2. The molecule has 0 saturated heterocycles. The Balaban J connectivity index is 3.84. The third-order valence-corrected chi connectivity index (χ3v) is 2.08. The van der Waals surface area contributed by atoms with E-state index >= 15 is 0 Å². The molecule has 15 heavy (non-hydrogen) atoms. The van der Waals surface area contributed by atoms with E-state index in [1.807, 2.05) is 6.92 Å². The Kier molecular flexibility index (Phi) is 6.70. The van der Waals surface area contributed by atoms with E-state index in [0.29, 0.717) is 13.1 Å². The van der Waals surface area contributed by atoms with Crippen LogP contribution in [0.3, 0.4) is 0 Å². The molecule has 0 rings (SSSR count). The van der Waals surface area contributed by atoms with Crippen LogP contribution >= 0.6 is 0 Å². The standard InChI is InChI=1S/C10H20N2O3/c1-5-11-9(13)8(3)12-6-7(2)10(14)15-4/h7-8,12H,5-6H2,1-4H3,(H,11,13). The molecule has 0 aliphatic carbocycles. The quantitative estimate of drug-likeness (QED) is 0.609. The summed E-state index contributed by atoms with van der Waals surface area (Å²) in [6.07, 6.45) is 0. The van der Waals surface area contributed by atoms with Gasteiger partial charge in [0.25, 0.3) is 0 Å². The molecule has 0 heterocycles. The van der Waals surface area contributed by atoms with Crippen molar-refractivity contribution < 1.29 is 14.3 Å². The van der Waals surface area contributed by atoms with E-state index in [1.165, 1.54) is 7.11 Å². The Bertz CT molecular complexity index is 219. The fraction of sp³-hybridized carbons (Fsp3) is 0.800. The van der Waals surface area contributed by atoms with E-state index in [9.17, 15) is 9.59 Å². The van der Waals surface area contributed by atoms with Gasteiger partial charge in [0.05, 0.1) is 19.1 Å². The molecule has 88 valence electrons. The lowest BCUT2D eigenvalue weighted by Gasteiger charge is -2.15. The van der Waals surface area contributed by atoms with Crippen LogP contribution < -0.4 is 10.6 Å². The topological polar surface area (TPSA) is 67.4 Å². The molecule has 0 spiro atoms. The number of likely N-dealkylation sites (N-methyl/N-ethyl adjacent to an activating group) is 1. The second kappa shape index (κ2) is 7.23. The van der Waals surface area contributed by atoms with Crippen molar-refractivity contribution in [2.45, 2.75) is 26.8 Å². The van der Waals surface area contributed by atoms with Gasteiger partial charge in [0.2, 0.25) is 5.91 Å². The van der Waals surface area contributed by atoms with Gasteiger partial charge in [-0.3, -0.25) is 9.59 Å². The van der Waals surface area contributed by atoms with Crippen LogP contribution in [0.1, 0.15) is 20.8 Å². The lowest BCUT2D eigenvalue weighted by Crippen LogP contribution is -2.44. The number of hydrogen-bond donors (Lipinski definition) is 2. The Morgan fingerprint density at radius 3 is 2.40 bits per heavy atom. The molecule has 0 aromatic heterocycles. The van der Waals surface area contributed by atoms with Crippen molar-refractivity contribution in [1.82, 2.24) is 10.6 Å². The minimum absolute atomic E-state index is 0.0606. The number of ether oxygens (including phenoxy) is 1. The average molecular weight is 216 g/mol. The zero-order valence-electron chi connectivity index (χ0n) is 9.79. The molecule has 0 aliphatic rings. The molecule has 0 aromatic rings. The lowest BCUT2D eigenvalue weighted by atomic mass is 10.1. The summed E-state index contributed by atoms with van der Waals surface area (Å²) in [6, 6.07) is -0.294. The van der Waals surface area contributed by atoms with Gasteiger partial charge in [-0.2, -0.15) is 0 Å². The predicted molar refractivity (Wildman–Crippen MR) is 57.3 cm³/mol. The Hall–Kier alpha value is -1.10. The molecule has 0 fully saturated rings. The molecule has 5 heteroatoms. The van der Waals surface area contributed by atoms with E-state index in [1.54, 1.807) is 13.8 Å². The van der Waals surface area contributed by atoms with Gasteiger partial charge in [0.1, 0.15) is 0 Å². The van der Waals surface area contributed by atoms with Gasteiger partial charge in [-0.15, -0.1) is 0 Å². The second-order valence-corrected chi connectivity index (χ2v) is 3.45.